The van der Waals surface area contributed by atoms with Crippen LogP contribution in [0.15, 0.2) is 97.1 Å². The number of cyclic esters (lactones) is 1. The number of hydrogen-bond donors (Lipinski definition) is 0. The zero-order valence-electron chi connectivity index (χ0n) is 23.7. The molecule has 2 heterocycles. The highest BCUT2D eigenvalue weighted by Crippen LogP contribution is 2.55. The molecule has 0 bridgehead atoms. The standard InChI is InChI=1S/C35H33NO6/c1-36-30-14-8-12-26(22-40-21-24-9-4-3-5-10-24)31(30)35(34(36)38)19-20-41-33(37)32(35)29-13-7-6-11-25(29)23-42-28-17-15-27(39-2)16-18-28/h3-18,32H,19-23H2,1-2H3/t32-,35+/m0/s1. The van der Waals surface area contributed by atoms with Crippen LogP contribution in [0.1, 0.15) is 40.2 Å². The molecule has 0 saturated carbocycles. The van der Waals surface area contributed by atoms with Gasteiger partial charge in [-0.05, 0) is 58.1 Å². The zero-order valence-corrected chi connectivity index (χ0v) is 23.7. The third-order valence-corrected chi connectivity index (χ3v) is 8.28. The van der Waals surface area contributed by atoms with Gasteiger partial charge in [0, 0.05) is 19.2 Å². The van der Waals surface area contributed by atoms with Crippen LogP contribution >= 0.6 is 0 Å². The maximum atomic E-state index is 14.3. The number of esters is 1. The van der Waals surface area contributed by atoms with E-state index in [9.17, 15) is 9.59 Å². The first kappa shape index (κ1) is 27.5. The largest absolute Gasteiger partial charge is 0.497 e. The fourth-order valence-electron chi connectivity index (χ4n) is 6.28. The van der Waals surface area contributed by atoms with Crippen LogP contribution < -0.4 is 14.4 Å². The van der Waals surface area contributed by atoms with Crippen LogP contribution in [0.3, 0.4) is 0 Å². The number of fused-ring (bicyclic) bond motifs is 2. The van der Waals surface area contributed by atoms with E-state index in [1.54, 1.807) is 19.1 Å². The van der Waals surface area contributed by atoms with Crippen molar-refractivity contribution in [3.05, 3.63) is 125 Å². The van der Waals surface area contributed by atoms with E-state index in [2.05, 4.69) is 0 Å². The Morgan fingerprint density at radius 3 is 2.31 bits per heavy atom. The van der Waals surface area contributed by atoms with Crippen LogP contribution in [0, 0.1) is 0 Å². The minimum Gasteiger partial charge on any atom is -0.497 e. The SMILES string of the molecule is COc1ccc(OCc2ccccc2[C@H]2C(=O)OCC[C@]23C(=O)N(C)c2cccc(COCc4ccccc4)c23)cc1. The van der Waals surface area contributed by atoms with Crippen molar-refractivity contribution in [2.75, 3.05) is 25.7 Å². The van der Waals surface area contributed by atoms with Gasteiger partial charge >= 0.3 is 5.97 Å². The molecule has 2 aliphatic rings. The maximum Gasteiger partial charge on any atom is 0.314 e. The van der Waals surface area contributed by atoms with Gasteiger partial charge in [0.25, 0.3) is 0 Å². The van der Waals surface area contributed by atoms with Crippen LogP contribution in [-0.2, 0) is 44.3 Å². The van der Waals surface area contributed by atoms with Crippen molar-refractivity contribution in [2.24, 2.45) is 0 Å². The van der Waals surface area contributed by atoms with Gasteiger partial charge in [-0.15, -0.1) is 0 Å². The Labute approximate surface area is 245 Å². The minimum absolute atomic E-state index is 0.111. The van der Waals surface area contributed by atoms with E-state index in [0.29, 0.717) is 25.4 Å². The third-order valence-electron chi connectivity index (χ3n) is 8.28. The van der Waals surface area contributed by atoms with Crippen molar-refractivity contribution >= 4 is 17.6 Å². The molecule has 1 fully saturated rings. The molecule has 2 atom stereocenters. The number of rotatable bonds is 9. The normalized spacial score (nSPS) is 19.5. The van der Waals surface area contributed by atoms with Gasteiger partial charge in [-0.1, -0.05) is 66.7 Å². The first-order chi connectivity index (χ1) is 20.5. The summed E-state index contributed by atoms with van der Waals surface area (Å²) in [5.41, 5.74) is 4.03. The van der Waals surface area contributed by atoms with Crippen molar-refractivity contribution in [1.82, 2.24) is 0 Å². The Morgan fingerprint density at radius 1 is 0.810 bits per heavy atom. The molecule has 2 aliphatic heterocycles. The second-order valence-corrected chi connectivity index (χ2v) is 10.6. The highest BCUT2D eigenvalue weighted by molar-refractivity contribution is 6.12. The van der Waals surface area contributed by atoms with Crippen molar-refractivity contribution in [1.29, 1.82) is 0 Å². The fourth-order valence-corrected chi connectivity index (χ4v) is 6.28. The van der Waals surface area contributed by atoms with Gasteiger partial charge in [-0.25, -0.2) is 0 Å². The number of carbonyl (C=O) groups excluding carboxylic acids is 2. The van der Waals surface area contributed by atoms with Gasteiger partial charge in [0.15, 0.2) is 0 Å². The van der Waals surface area contributed by atoms with Crippen LogP contribution in [0.5, 0.6) is 11.5 Å². The summed E-state index contributed by atoms with van der Waals surface area (Å²) in [6, 6.07) is 30.8. The molecule has 214 valence electrons. The van der Waals surface area contributed by atoms with Crippen molar-refractivity contribution in [3.8, 4) is 11.5 Å². The van der Waals surface area contributed by atoms with Gasteiger partial charge in [-0.3, -0.25) is 9.59 Å². The summed E-state index contributed by atoms with van der Waals surface area (Å²) in [5, 5.41) is 0. The Hall–Kier alpha value is -4.62. The lowest BCUT2D eigenvalue weighted by Gasteiger charge is -2.40. The number of anilines is 1. The van der Waals surface area contributed by atoms with Crippen molar-refractivity contribution in [2.45, 2.75) is 37.6 Å². The van der Waals surface area contributed by atoms with E-state index in [4.69, 9.17) is 18.9 Å². The molecule has 1 saturated heterocycles. The average Bonchev–Trinajstić information content (AvgIpc) is 3.24. The van der Waals surface area contributed by atoms with E-state index in [-0.39, 0.29) is 19.1 Å². The number of ether oxygens (including phenoxy) is 4. The van der Waals surface area contributed by atoms with Crippen molar-refractivity contribution in [3.63, 3.8) is 0 Å². The Balaban J connectivity index is 1.37. The topological polar surface area (TPSA) is 74.3 Å². The van der Waals surface area contributed by atoms with Crippen LogP contribution in [0.2, 0.25) is 0 Å². The number of nitrogens with zero attached hydrogens (tertiary/aromatic N) is 1. The lowest BCUT2D eigenvalue weighted by Crippen LogP contribution is -2.51. The predicted molar refractivity (Wildman–Crippen MR) is 159 cm³/mol. The number of hydrogen-bond acceptors (Lipinski definition) is 6. The molecule has 0 unspecified atom stereocenters. The molecule has 0 aromatic heterocycles. The van der Waals surface area contributed by atoms with Crippen LogP contribution in [-0.4, -0.2) is 32.6 Å². The molecule has 42 heavy (non-hydrogen) atoms. The molecule has 7 nitrogen and oxygen atoms in total. The van der Waals surface area contributed by atoms with E-state index in [0.717, 1.165) is 39.3 Å². The summed E-state index contributed by atoms with van der Waals surface area (Å²) in [4.78, 5) is 29.7. The molecular weight excluding hydrogens is 530 g/mol. The number of likely N-dealkylation sites (N-methyl/N-ethyl adjacent to an activating group) is 1. The van der Waals surface area contributed by atoms with E-state index >= 15 is 0 Å². The maximum absolute atomic E-state index is 14.3. The summed E-state index contributed by atoms with van der Waals surface area (Å²) in [7, 11) is 3.39. The van der Waals surface area contributed by atoms with Crippen LogP contribution in [0.25, 0.3) is 0 Å². The summed E-state index contributed by atoms with van der Waals surface area (Å²) in [6.07, 6.45) is 0.378. The first-order valence-electron chi connectivity index (χ1n) is 14.1. The van der Waals surface area contributed by atoms with E-state index in [1.165, 1.54) is 0 Å². The molecule has 4 aromatic carbocycles. The summed E-state index contributed by atoms with van der Waals surface area (Å²) >= 11 is 0. The summed E-state index contributed by atoms with van der Waals surface area (Å²) in [5.74, 6) is 0.0498. The molecule has 1 amide bonds. The number of benzene rings is 4. The van der Waals surface area contributed by atoms with Gasteiger partial charge in [-0.2, -0.15) is 0 Å². The molecule has 0 radical (unpaired) electrons. The van der Waals surface area contributed by atoms with Gasteiger partial charge in [0.05, 0.1) is 32.3 Å². The van der Waals surface area contributed by atoms with Gasteiger partial charge in [0.1, 0.15) is 24.0 Å². The number of carbonyl (C=O) groups is 2. The highest BCUT2D eigenvalue weighted by Gasteiger charge is 2.61. The summed E-state index contributed by atoms with van der Waals surface area (Å²) < 4.78 is 23.2. The van der Waals surface area contributed by atoms with Gasteiger partial charge in [0.2, 0.25) is 5.91 Å². The molecule has 0 aliphatic carbocycles. The minimum atomic E-state index is -1.12. The van der Waals surface area contributed by atoms with E-state index < -0.39 is 17.3 Å². The number of methoxy groups -OCH3 is 1. The fraction of sp³-hybridized carbons (Fsp3) is 0.257. The lowest BCUT2D eigenvalue weighted by atomic mass is 9.63. The third kappa shape index (κ3) is 4.90. The van der Waals surface area contributed by atoms with Crippen molar-refractivity contribution < 1.29 is 28.5 Å². The molecule has 1 spiro atoms. The van der Waals surface area contributed by atoms with E-state index in [1.807, 2.05) is 97.1 Å². The zero-order chi connectivity index (χ0) is 29.1. The molecule has 6 rings (SSSR count). The Morgan fingerprint density at radius 2 is 1.52 bits per heavy atom. The monoisotopic (exact) mass is 563 g/mol. The summed E-state index contributed by atoms with van der Waals surface area (Å²) in [6.45, 7) is 1.14. The van der Waals surface area contributed by atoms with Crippen LogP contribution in [0.4, 0.5) is 5.69 Å². The lowest BCUT2D eigenvalue weighted by molar-refractivity contribution is -0.156. The second-order valence-electron chi connectivity index (χ2n) is 10.6. The molecule has 7 heteroatoms. The first-order valence-corrected chi connectivity index (χ1v) is 14.1. The molecular formula is C35H33NO6. The average molecular weight is 564 g/mol. The predicted octanol–water partition coefficient (Wildman–Crippen LogP) is 5.94. The highest BCUT2D eigenvalue weighted by atomic mass is 16.5. The second kappa shape index (κ2) is 11.7. The van der Waals surface area contributed by atoms with Gasteiger partial charge < -0.3 is 23.8 Å². The number of amides is 1. The smallest absolute Gasteiger partial charge is 0.314 e. The molecule has 0 N–H and O–H groups in total. The quantitative estimate of drug-likeness (QED) is 0.235. The Bertz CT molecular complexity index is 1590. The molecule has 4 aromatic rings. The Kier molecular flexibility index (Phi) is 7.68.